The Bertz CT molecular complexity index is 2070. The Morgan fingerprint density at radius 2 is 1.60 bits per heavy atom. The summed E-state index contributed by atoms with van der Waals surface area (Å²) in [5.74, 6) is -3.78. The monoisotopic (exact) mass is 811 g/mol. The van der Waals surface area contributed by atoms with E-state index in [0.717, 1.165) is 5.56 Å². The minimum Gasteiger partial charge on any atom is -0.507 e. The van der Waals surface area contributed by atoms with Gasteiger partial charge in [-0.3, -0.25) is 14.4 Å². The van der Waals surface area contributed by atoms with Crippen LogP contribution in [0.15, 0.2) is 42.5 Å². The molecule has 58 heavy (non-hydrogen) atoms. The van der Waals surface area contributed by atoms with Crippen molar-refractivity contribution in [2.75, 3.05) is 20.3 Å². The summed E-state index contributed by atoms with van der Waals surface area (Å²) in [5.41, 5.74) is -3.25. The van der Waals surface area contributed by atoms with Gasteiger partial charge in [0.2, 0.25) is 12.1 Å². The molecule has 18 nitrogen and oxygen atoms in total. The second-order valence-electron chi connectivity index (χ2n) is 14.9. The highest BCUT2D eigenvalue weighted by molar-refractivity contribution is 6.31. The molecular weight excluding hydrogens is 766 g/mol. The molecule has 0 aromatic heterocycles. The standard InChI is InChI=1S/C40H45NO17/c1-16-31(45)21(41-13-17-6-8-18(9-7-17)56-39-38(52)37(51)34(48)24(14-42)58-39)10-26(55-16)57-23-12-40(53,25(44)15-43)11-20-28(23)36(50)30-29(33(20)47)32(46)19-4-3-5-22(54-2)27(19)35(30)49/h3-9,16,21,23-24,26,31,34,37-39,41-43,45,47-48,50-53H,10-15H2,1-2H3/t16-,21-,23-,24+,26-,31+,34+,37+,38-,39+,40-/m0/s1. The number of hydrogen-bond donors (Lipinski definition) is 10. The molecule has 0 radical (unpaired) electrons. The number of benzene rings is 3. The van der Waals surface area contributed by atoms with E-state index in [0.29, 0.717) is 0 Å². The summed E-state index contributed by atoms with van der Waals surface area (Å²) in [6.07, 6.45) is -12.9. The van der Waals surface area contributed by atoms with Gasteiger partial charge in [0.25, 0.3) is 0 Å². The normalized spacial score (nSPS) is 31.9. The fourth-order valence-electron chi connectivity index (χ4n) is 8.15. The first-order valence-corrected chi connectivity index (χ1v) is 18.6. The number of aliphatic hydroxyl groups is 7. The van der Waals surface area contributed by atoms with Gasteiger partial charge in [-0.05, 0) is 30.7 Å². The van der Waals surface area contributed by atoms with Crippen molar-refractivity contribution in [2.24, 2.45) is 0 Å². The highest BCUT2D eigenvalue weighted by Gasteiger charge is 2.50. The van der Waals surface area contributed by atoms with Gasteiger partial charge in [-0.25, -0.2) is 0 Å². The van der Waals surface area contributed by atoms with Crippen molar-refractivity contribution in [1.82, 2.24) is 5.32 Å². The maximum absolute atomic E-state index is 14.0. The SMILES string of the molecule is COc1cccc2c1C(=O)c1c(O)c3c(c(O)c1C2=O)C[C@@](O)(C(=O)CO)C[C@@H]3O[C@H]1C[C@H](NCc2ccc(O[C@@H]3O[C@H](CO)[C@@H](O)[C@@H](O)[C@@H]3O)cc2)[C@H](O)[C@H](C)O1. The third-order valence-electron chi connectivity index (χ3n) is 11.4. The number of ether oxygens (including phenoxy) is 5. The predicted octanol–water partition coefficient (Wildman–Crippen LogP) is -0.989. The molecule has 3 aromatic rings. The number of rotatable bonds is 11. The van der Waals surface area contributed by atoms with Crippen molar-refractivity contribution >= 4 is 17.3 Å². The van der Waals surface area contributed by atoms with Crippen molar-refractivity contribution in [3.05, 3.63) is 81.4 Å². The molecule has 2 heterocycles. The van der Waals surface area contributed by atoms with Gasteiger partial charge in [0.1, 0.15) is 59.6 Å². The van der Waals surface area contributed by atoms with Crippen LogP contribution in [0, 0.1) is 0 Å². The van der Waals surface area contributed by atoms with Crippen LogP contribution in [0.1, 0.15) is 74.4 Å². The summed E-state index contributed by atoms with van der Waals surface area (Å²) >= 11 is 0. The Kier molecular flexibility index (Phi) is 11.6. The molecule has 2 aliphatic carbocycles. The molecule has 7 rings (SSSR count). The lowest BCUT2D eigenvalue weighted by molar-refractivity contribution is -0.277. The quantitative estimate of drug-likeness (QED) is 0.0814. The zero-order valence-electron chi connectivity index (χ0n) is 31.3. The van der Waals surface area contributed by atoms with Gasteiger partial charge in [0.15, 0.2) is 17.9 Å². The van der Waals surface area contributed by atoms with E-state index >= 15 is 0 Å². The zero-order valence-corrected chi connectivity index (χ0v) is 31.3. The summed E-state index contributed by atoms with van der Waals surface area (Å²) in [6.45, 7) is 0.118. The molecule has 4 aliphatic rings. The summed E-state index contributed by atoms with van der Waals surface area (Å²) in [5, 5.41) is 98.9. The number of carbonyl (C=O) groups is 3. The Hall–Kier alpha value is -4.57. The summed E-state index contributed by atoms with van der Waals surface area (Å²) in [4.78, 5) is 40.7. The number of nitrogens with one attached hydrogen (secondary N) is 1. The van der Waals surface area contributed by atoms with Crippen LogP contribution in [-0.2, 0) is 32.0 Å². The fourth-order valence-corrected chi connectivity index (χ4v) is 8.15. The van der Waals surface area contributed by atoms with E-state index in [2.05, 4.69) is 5.32 Å². The number of aliphatic hydroxyl groups excluding tert-OH is 6. The number of ketones is 3. The molecular formula is C40H45NO17. The Morgan fingerprint density at radius 1 is 0.897 bits per heavy atom. The molecule has 11 atom stereocenters. The minimum atomic E-state index is -2.33. The van der Waals surface area contributed by atoms with E-state index < -0.39 is 133 Å². The molecule has 0 unspecified atom stereocenters. The van der Waals surface area contributed by atoms with Crippen LogP contribution in [0.25, 0.3) is 0 Å². The molecule has 0 spiro atoms. The van der Waals surface area contributed by atoms with E-state index in [9.17, 15) is 60.3 Å². The van der Waals surface area contributed by atoms with Crippen molar-refractivity contribution in [3.8, 4) is 23.0 Å². The van der Waals surface area contributed by atoms with Gasteiger partial charge in [0, 0.05) is 48.5 Å². The molecule has 3 aromatic carbocycles. The van der Waals surface area contributed by atoms with Crippen LogP contribution >= 0.6 is 0 Å². The molecule has 0 bridgehead atoms. The molecule has 2 fully saturated rings. The first kappa shape index (κ1) is 41.6. The second-order valence-corrected chi connectivity index (χ2v) is 14.9. The van der Waals surface area contributed by atoms with Crippen molar-refractivity contribution in [2.45, 2.75) is 99.7 Å². The summed E-state index contributed by atoms with van der Waals surface area (Å²) in [6, 6.07) is 10.1. The van der Waals surface area contributed by atoms with Crippen LogP contribution in [0.5, 0.6) is 23.0 Å². The number of phenolic OH excluding ortho intramolecular Hbond substituents is 2. The zero-order chi connectivity index (χ0) is 41.8. The number of hydrogen-bond acceptors (Lipinski definition) is 18. The number of methoxy groups -OCH3 is 1. The van der Waals surface area contributed by atoms with Gasteiger partial charge < -0.3 is 75.0 Å². The van der Waals surface area contributed by atoms with Gasteiger partial charge in [-0.15, -0.1) is 0 Å². The molecule has 0 saturated carbocycles. The van der Waals surface area contributed by atoms with Crippen LogP contribution in [0.3, 0.4) is 0 Å². The number of Topliss-reactive ketones (excluding diaryl/α,β-unsaturated/α-hetero) is 1. The van der Waals surface area contributed by atoms with Gasteiger partial charge in [0.05, 0.1) is 48.7 Å². The topological polar surface area (TPSA) is 291 Å². The van der Waals surface area contributed by atoms with Crippen molar-refractivity contribution in [3.63, 3.8) is 0 Å². The number of carbonyl (C=O) groups excluding carboxylic acids is 3. The van der Waals surface area contributed by atoms with Gasteiger partial charge in [-0.1, -0.05) is 24.3 Å². The summed E-state index contributed by atoms with van der Waals surface area (Å²) in [7, 11) is 1.31. The Morgan fingerprint density at radius 3 is 2.28 bits per heavy atom. The fraction of sp³-hybridized carbons (Fsp3) is 0.475. The largest absolute Gasteiger partial charge is 0.507 e. The lowest BCUT2D eigenvalue weighted by Crippen LogP contribution is -2.60. The number of phenols is 2. The third kappa shape index (κ3) is 7.24. The van der Waals surface area contributed by atoms with Crippen LogP contribution in [-0.4, -0.2) is 144 Å². The molecule has 312 valence electrons. The molecule has 18 heteroatoms. The van der Waals surface area contributed by atoms with E-state index in [1.807, 2.05) is 0 Å². The van der Waals surface area contributed by atoms with Crippen LogP contribution in [0.4, 0.5) is 0 Å². The highest BCUT2D eigenvalue weighted by Crippen LogP contribution is 2.52. The van der Waals surface area contributed by atoms with E-state index in [-0.39, 0.29) is 46.7 Å². The molecule has 0 amide bonds. The van der Waals surface area contributed by atoms with Gasteiger partial charge in [-0.2, -0.15) is 0 Å². The first-order valence-electron chi connectivity index (χ1n) is 18.6. The maximum Gasteiger partial charge on any atom is 0.229 e. The van der Waals surface area contributed by atoms with Crippen LogP contribution in [0.2, 0.25) is 0 Å². The lowest BCUT2D eigenvalue weighted by Gasteiger charge is -2.43. The molecule has 10 N–H and O–H groups in total. The Labute approximate surface area is 330 Å². The van der Waals surface area contributed by atoms with Crippen molar-refractivity contribution < 1.29 is 84.0 Å². The summed E-state index contributed by atoms with van der Waals surface area (Å²) < 4.78 is 28.7. The first-order chi connectivity index (χ1) is 27.6. The van der Waals surface area contributed by atoms with E-state index in [1.165, 1.54) is 25.3 Å². The Balaban J connectivity index is 1.11. The maximum atomic E-state index is 14.0. The van der Waals surface area contributed by atoms with Gasteiger partial charge >= 0.3 is 0 Å². The molecule has 2 saturated heterocycles. The van der Waals surface area contributed by atoms with Crippen molar-refractivity contribution in [1.29, 1.82) is 0 Å². The lowest BCUT2D eigenvalue weighted by atomic mass is 9.72. The third-order valence-corrected chi connectivity index (χ3v) is 11.4. The van der Waals surface area contributed by atoms with E-state index in [4.69, 9.17) is 23.7 Å². The average molecular weight is 812 g/mol. The highest BCUT2D eigenvalue weighted by atomic mass is 16.7. The second kappa shape index (κ2) is 16.2. The predicted molar refractivity (Wildman–Crippen MR) is 195 cm³/mol. The van der Waals surface area contributed by atoms with Crippen LogP contribution < -0.4 is 14.8 Å². The smallest absolute Gasteiger partial charge is 0.229 e. The number of aromatic hydroxyl groups is 2. The van der Waals surface area contributed by atoms with E-state index in [1.54, 1.807) is 31.2 Å². The number of fused-ring (bicyclic) bond motifs is 3. The molecule has 2 aliphatic heterocycles. The minimum absolute atomic E-state index is 0.0122. The average Bonchev–Trinajstić information content (AvgIpc) is 3.21.